The van der Waals surface area contributed by atoms with Gasteiger partial charge in [0, 0.05) is 30.3 Å². The van der Waals surface area contributed by atoms with Crippen LogP contribution in [0.25, 0.3) is 11.1 Å². The van der Waals surface area contributed by atoms with Crippen molar-refractivity contribution in [3.63, 3.8) is 0 Å². The Morgan fingerprint density at radius 2 is 1.74 bits per heavy atom. The number of pyridine rings is 1. The van der Waals surface area contributed by atoms with E-state index >= 15 is 4.39 Å². The number of hydrogen-bond donors (Lipinski definition) is 0. The summed E-state index contributed by atoms with van der Waals surface area (Å²) in [6, 6.07) is 15.0. The maximum absolute atomic E-state index is 15.2. The summed E-state index contributed by atoms with van der Waals surface area (Å²) in [5.74, 6) is 1.14. The minimum atomic E-state index is -0.378. The molecule has 0 bridgehead atoms. The lowest BCUT2D eigenvalue weighted by Gasteiger charge is -2.32. The van der Waals surface area contributed by atoms with E-state index in [9.17, 15) is 4.79 Å². The van der Waals surface area contributed by atoms with Gasteiger partial charge in [0.2, 0.25) is 5.88 Å². The summed E-state index contributed by atoms with van der Waals surface area (Å²) in [6.07, 6.45) is 5.12. The zero-order chi connectivity index (χ0) is 30.8. The molecule has 3 aromatic rings. The third-order valence-corrected chi connectivity index (χ3v) is 9.17. The number of ether oxygens (including phenoxy) is 3. The summed E-state index contributed by atoms with van der Waals surface area (Å²) >= 11 is 0. The van der Waals surface area contributed by atoms with E-state index in [1.807, 2.05) is 13.0 Å². The van der Waals surface area contributed by atoms with Gasteiger partial charge in [-0.2, -0.15) is 0 Å². The Balaban J connectivity index is 1.49. The van der Waals surface area contributed by atoms with Crippen LogP contribution < -0.4 is 9.47 Å². The molecule has 230 valence electrons. The minimum Gasteiger partial charge on any atom is -0.485 e. The lowest BCUT2D eigenvalue weighted by atomic mass is 9.82. The van der Waals surface area contributed by atoms with Crippen LogP contribution in [0.15, 0.2) is 48.7 Å². The molecule has 1 fully saturated rings. The first-order chi connectivity index (χ1) is 20.6. The number of esters is 1. The molecule has 0 amide bonds. The van der Waals surface area contributed by atoms with Crippen LogP contribution in [-0.2, 0) is 22.5 Å². The highest BCUT2D eigenvalue weighted by molar-refractivity contribution is 5.73. The number of fused-ring (bicyclic) bond motifs is 1. The number of carbonyl (C=O) groups is 1. The summed E-state index contributed by atoms with van der Waals surface area (Å²) in [5.41, 5.74) is 5.75. The first-order valence-electron chi connectivity index (χ1n) is 15.6. The second-order valence-electron chi connectivity index (χ2n) is 12.7. The minimum absolute atomic E-state index is 0.123. The summed E-state index contributed by atoms with van der Waals surface area (Å²) in [4.78, 5) is 18.9. The molecule has 0 N–H and O–H groups in total. The Bertz CT molecular complexity index is 1440. The highest BCUT2D eigenvalue weighted by atomic mass is 19.1. The number of aryl methyl sites for hydroxylation is 1. The smallest absolute Gasteiger partial charge is 0.309 e. The molecule has 2 heterocycles. The van der Waals surface area contributed by atoms with Gasteiger partial charge >= 0.3 is 5.97 Å². The quantitative estimate of drug-likeness (QED) is 0.212. The Morgan fingerprint density at radius 1 is 1.00 bits per heavy atom. The van der Waals surface area contributed by atoms with E-state index in [4.69, 9.17) is 14.2 Å². The standard InChI is InChI=1S/C36H45FN2O4/c1-21(2)39(22(3)4)20-28-16-26(12-14-29(28)30-18-34(41-6)38-19-31(30)37)32-15-13-24-8-11-27(17-33(24)43-32)35(25-9-10-25)23(5)36(40)42-7/h8,11-12,14,16-19,21-23,25,32,35H,9-10,13,15,20H2,1-7H3/t23-,32?,35-/m0/s1. The highest BCUT2D eigenvalue weighted by Crippen LogP contribution is 2.48. The zero-order valence-corrected chi connectivity index (χ0v) is 26.5. The third-order valence-electron chi connectivity index (χ3n) is 9.17. The number of methoxy groups -OCH3 is 2. The Kier molecular flexibility index (Phi) is 9.40. The second kappa shape index (κ2) is 13.0. The van der Waals surface area contributed by atoms with E-state index < -0.39 is 0 Å². The molecule has 1 aliphatic heterocycles. The molecule has 2 aromatic carbocycles. The largest absolute Gasteiger partial charge is 0.485 e. The van der Waals surface area contributed by atoms with Gasteiger partial charge in [0.25, 0.3) is 0 Å². The number of nitrogens with zero attached hydrogens (tertiary/aromatic N) is 2. The van der Waals surface area contributed by atoms with Crippen molar-refractivity contribution in [2.75, 3.05) is 14.2 Å². The predicted octanol–water partition coefficient (Wildman–Crippen LogP) is 7.88. The Morgan fingerprint density at radius 3 is 2.40 bits per heavy atom. The van der Waals surface area contributed by atoms with Crippen LogP contribution in [0.4, 0.5) is 4.39 Å². The molecule has 5 rings (SSSR count). The number of benzene rings is 2. The number of hydrogen-bond acceptors (Lipinski definition) is 6. The van der Waals surface area contributed by atoms with Crippen LogP contribution in [0.2, 0.25) is 0 Å². The molecule has 0 saturated heterocycles. The van der Waals surface area contributed by atoms with E-state index in [2.05, 4.69) is 67.9 Å². The zero-order valence-electron chi connectivity index (χ0n) is 26.5. The molecule has 1 aliphatic carbocycles. The van der Waals surface area contributed by atoms with Gasteiger partial charge in [-0.3, -0.25) is 9.69 Å². The molecule has 3 atom stereocenters. The summed E-state index contributed by atoms with van der Waals surface area (Å²) in [6.45, 7) is 11.4. The maximum Gasteiger partial charge on any atom is 0.309 e. The van der Waals surface area contributed by atoms with Crippen LogP contribution >= 0.6 is 0 Å². The lowest BCUT2D eigenvalue weighted by molar-refractivity contribution is -0.145. The molecule has 0 spiro atoms. The Labute approximate surface area is 255 Å². The van der Waals surface area contributed by atoms with E-state index in [0.717, 1.165) is 53.7 Å². The number of halogens is 1. The van der Waals surface area contributed by atoms with Crippen LogP contribution in [0.3, 0.4) is 0 Å². The van der Waals surface area contributed by atoms with E-state index in [1.165, 1.54) is 18.9 Å². The van der Waals surface area contributed by atoms with Crippen molar-refractivity contribution in [1.29, 1.82) is 0 Å². The predicted molar refractivity (Wildman–Crippen MR) is 167 cm³/mol. The van der Waals surface area contributed by atoms with Crippen LogP contribution in [0.1, 0.15) is 88.2 Å². The molecule has 7 heteroatoms. The molecular weight excluding hydrogens is 543 g/mol. The normalized spacial score (nSPS) is 17.9. The van der Waals surface area contributed by atoms with Gasteiger partial charge in [-0.15, -0.1) is 0 Å². The number of rotatable bonds is 11. The SMILES string of the molecule is COC(=O)[C@@H](C)[C@H](c1ccc2c(c1)OC(c1ccc(-c3cc(OC)ncc3F)c(CN(C(C)C)C(C)C)c1)CC2)C1CC1. The highest BCUT2D eigenvalue weighted by Gasteiger charge is 2.39. The number of aromatic nitrogens is 1. The fraction of sp³-hybridized carbons (Fsp3) is 0.500. The van der Waals surface area contributed by atoms with Crippen LogP contribution in [-0.4, -0.2) is 42.2 Å². The van der Waals surface area contributed by atoms with Gasteiger partial charge in [0.1, 0.15) is 17.7 Å². The van der Waals surface area contributed by atoms with Gasteiger partial charge in [0.05, 0.1) is 26.3 Å². The fourth-order valence-electron chi connectivity index (χ4n) is 6.69. The van der Waals surface area contributed by atoms with Crippen molar-refractivity contribution in [1.82, 2.24) is 9.88 Å². The first-order valence-corrected chi connectivity index (χ1v) is 15.6. The summed E-state index contributed by atoms with van der Waals surface area (Å²) in [5, 5.41) is 0. The van der Waals surface area contributed by atoms with Crippen molar-refractivity contribution in [2.24, 2.45) is 11.8 Å². The molecule has 1 unspecified atom stereocenters. The molecule has 1 aromatic heterocycles. The van der Waals surface area contributed by atoms with Crippen molar-refractivity contribution in [3.8, 4) is 22.8 Å². The van der Waals surface area contributed by atoms with E-state index in [1.54, 1.807) is 13.2 Å². The average Bonchev–Trinajstić information content (AvgIpc) is 3.84. The monoisotopic (exact) mass is 588 g/mol. The van der Waals surface area contributed by atoms with Crippen molar-refractivity contribution in [3.05, 3.63) is 76.7 Å². The van der Waals surface area contributed by atoms with Gasteiger partial charge in [-0.05, 0) is 99.1 Å². The van der Waals surface area contributed by atoms with Crippen LogP contribution in [0, 0.1) is 17.7 Å². The molecule has 6 nitrogen and oxygen atoms in total. The molecule has 43 heavy (non-hydrogen) atoms. The topological polar surface area (TPSA) is 60.9 Å². The summed E-state index contributed by atoms with van der Waals surface area (Å²) in [7, 11) is 3.00. The van der Waals surface area contributed by atoms with Gasteiger partial charge in [-0.1, -0.05) is 37.3 Å². The number of carbonyl (C=O) groups excluding carboxylic acids is 1. The first kappa shape index (κ1) is 31.0. The summed E-state index contributed by atoms with van der Waals surface area (Å²) < 4.78 is 32.3. The van der Waals surface area contributed by atoms with Crippen molar-refractivity contribution in [2.45, 2.75) is 91.0 Å². The second-order valence-corrected chi connectivity index (χ2v) is 12.7. The van der Waals surface area contributed by atoms with Gasteiger partial charge in [0.15, 0.2) is 0 Å². The fourth-order valence-corrected chi connectivity index (χ4v) is 6.69. The Hall–Kier alpha value is -3.45. The lowest BCUT2D eigenvalue weighted by Crippen LogP contribution is -2.36. The molecule has 0 radical (unpaired) electrons. The average molecular weight is 589 g/mol. The molecule has 1 saturated carbocycles. The van der Waals surface area contributed by atoms with Crippen LogP contribution in [0.5, 0.6) is 11.6 Å². The van der Waals surface area contributed by atoms with Gasteiger partial charge < -0.3 is 14.2 Å². The molecule has 2 aliphatic rings. The van der Waals surface area contributed by atoms with Crippen molar-refractivity contribution < 1.29 is 23.4 Å². The van der Waals surface area contributed by atoms with Crippen molar-refractivity contribution >= 4 is 5.97 Å². The van der Waals surface area contributed by atoms with E-state index in [0.29, 0.717) is 36.0 Å². The maximum atomic E-state index is 15.2. The van der Waals surface area contributed by atoms with Gasteiger partial charge in [-0.25, -0.2) is 9.37 Å². The third kappa shape index (κ3) is 6.72. The molecular formula is C36H45FN2O4. The van der Waals surface area contributed by atoms with E-state index in [-0.39, 0.29) is 29.7 Å².